The Balaban J connectivity index is 1.55. The second kappa shape index (κ2) is 8.36. The predicted molar refractivity (Wildman–Crippen MR) is 132 cm³/mol. The summed E-state index contributed by atoms with van der Waals surface area (Å²) in [6.07, 6.45) is 5.54. The van der Waals surface area contributed by atoms with Crippen molar-refractivity contribution in [2.75, 3.05) is 5.32 Å². The number of aryl methyl sites for hydroxylation is 3. The average molecular weight is 433 g/mol. The van der Waals surface area contributed by atoms with E-state index in [1.807, 2.05) is 80.8 Å². The summed E-state index contributed by atoms with van der Waals surface area (Å²) >= 11 is 0. The fourth-order valence-corrected chi connectivity index (χ4v) is 4.02. The number of carbonyl (C=O) groups is 1. The Morgan fingerprint density at radius 1 is 0.879 bits per heavy atom. The molecule has 0 atom stereocenters. The van der Waals surface area contributed by atoms with Gasteiger partial charge in [0.15, 0.2) is 0 Å². The molecule has 2 aromatic heterocycles. The minimum atomic E-state index is -0.140. The third-order valence-electron chi connectivity index (χ3n) is 5.91. The Labute approximate surface area is 192 Å². The zero-order chi connectivity index (χ0) is 22.9. The molecule has 5 aromatic rings. The van der Waals surface area contributed by atoms with Gasteiger partial charge in [0.25, 0.3) is 5.91 Å². The number of rotatable bonds is 4. The summed E-state index contributed by atoms with van der Waals surface area (Å²) in [6.45, 7) is 6.04. The van der Waals surface area contributed by atoms with Crippen molar-refractivity contribution in [2.45, 2.75) is 20.8 Å². The first kappa shape index (κ1) is 20.6. The number of aromatic nitrogens is 3. The molecule has 0 radical (unpaired) electrons. The van der Waals surface area contributed by atoms with Crippen LogP contribution in [0.2, 0.25) is 0 Å². The first-order chi connectivity index (χ1) is 16.0. The molecule has 0 saturated heterocycles. The van der Waals surface area contributed by atoms with Crippen LogP contribution in [0.4, 0.5) is 5.69 Å². The van der Waals surface area contributed by atoms with Gasteiger partial charge < -0.3 is 5.32 Å². The molecule has 2 heterocycles. The van der Waals surface area contributed by atoms with E-state index in [0.29, 0.717) is 5.56 Å². The second-order valence-electron chi connectivity index (χ2n) is 8.28. The zero-order valence-corrected chi connectivity index (χ0v) is 18.8. The van der Waals surface area contributed by atoms with E-state index in [1.165, 1.54) is 0 Å². The maximum absolute atomic E-state index is 13.0. The molecule has 0 aliphatic heterocycles. The zero-order valence-electron chi connectivity index (χ0n) is 18.8. The van der Waals surface area contributed by atoms with Crippen molar-refractivity contribution in [3.63, 3.8) is 0 Å². The van der Waals surface area contributed by atoms with Crippen LogP contribution in [0.1, 0.15) is 27.0 Å². The van der Waals surface area contributed by atoms with Crippen molar-refractivity contribution in [1.82, 2.24) is 14.4 Å². The Kier molecular flexibility index (Phi) is 5.23. The van der Waals surface area contributed by atoms with Crippen LogP contribution in [0.25, 0.3) is 28.2 Å². The lowest BCUT2D eigenvalue weighted by Gasteiger charge is -2.11. The molecular formula is C28H24N4O. The maximum atomic E-state index is 13.0. The van der Waals surface area contributed by atoms with Gasteiger partial charge in [-0.3, -0.25) is 14.2 Å². The van der Waals surface area contributed by atoms with Gasteiger partial charge in [-0.15, -0.1) is 0 Å². The summed E-state index contributed by atoms with van der Waals surface area (Å²) in [4.78, 5) is 22.4. The maximum Gasteiger partial charge on any atom is 0.255 e. The monoisotopic (exact) mass is 432 g/mol. The van der Waals surface area contributed by atoms with Crippen LogP contribution >= 0.6 is 0 Å². The van der Waals surface area contributed by atoms with Crippen LogP contribution in [0.3, 0.4) is 0 Å². The third-order valence-corrected chi connectivity index (χ3v) is 5.91. The van der Waals surface area contributed by atoms with E-state index in [9.17, 15) is 4.79 Å². The molecule has 0 bridgehead atoms. The molecule has 33 heavy (non-hydrogen) atoms. The van der Waals surface area contributed by atoms with Crippen LogP contribution in [-0.2, 0) is 0 Å². The number of fused-ring (bicyclic) bond motifs is 1. The Hall–Kier alpha value is -4.25. The fourth-order valence-electron chi connectivity index (χ4n) is 4.02. The number of amides is 1. The summed E-state index contributed by atoms with van der Waals surface area (Å²) < 4.78 is 2.05. The van der Waals surface area contributed by atoms with Crippen molar-refractivity contribution < 1.29 is 4.79 Å². The molecule has 0 aliphatic rings. The third kappa shape index (κ3) is 3.89. The molecular weight excluding hydrogens is 408 g/mol. The standard InChI is InChI=1S/C28H24N4O/c1-18-8-12-22(13-9-18)31-28(33)24-16-21(11-10-20(24)3)26-25-17-30-27(32(25)15-14-29-26)23-7-5-4-6-19(23)2/h4-17H,1-3H3,(H,31,33). The number of benzene rings is 3. The summed E-state index contributed by atoms with van der Waals surface area (Å²) in [5.41, 5.74) is 8.24. The highest BCUT2D eigenvalue weighted by Gasteiger charge is 2.16. The smallest absolute Gasteiger partial charge is 0.255 e. The summed E-state index contributed by atoms with van der Waals surface area (Å²) in [7, 11) is 0. The highest BCUT2D eigenvalue weighted by molar-refractivity contribution is 6.06. The van der Waals surface area contributed by atoms with Gasteiger partial charge in [0.1, 0.15) is 5.82 Å². The molecule has 0 unspecified atom stereocenters. The van der Waals surface area contributed by atoms with Gasteiger partial charge in [0, 0.05) is 34.8 Å². The van der Waals surface area contributed by atoms with Crippen LogP contribution in [0.5, 0.6) is 0 Å². The first-order valence-corrected chi connectivity index (χ1v) is 10.9. The predicted octanol–water partition coefficient (Wildman–Crippen LogP) is 6.24. The Morgan fingerprint density at radius 2 is 1.67 bits per heavy atom. The number of nitrogens with one attached hydrogen (secondary N) is 1. The van der Waals surface area contributed by atoms with E-state index in [2.05, 4.69) is 33.8 Å². The van der Waals surface area contributed by atoms with Gasteiger partial charge in [0.05, 0.1) is 17.4 Å². The second-order valence-corrected chi connectivity index (χ2v) is 8.28. The lowest BCUT2D eigenvalue weighted by Crippen LogP contribution is -2.13. The molecule has 162 valence electrons. The number of hydrogen-bond donors (Lipinski definition) is 1. The summed E-state index contributed by atoms with van der Waals surface area (Å²) in [6, 6.07) is 21.8. The Morgan fingerprint density at radius 3 is 2.45 bits per heavy atom. The fraction of sp³-hybridized carbons (Fsp3) is 0.107. The molecule has 0 aliphatic carbocycles. The van der Waals surface area contributed by atoms with Gasteiger partial charge in [0.2, 0.25) is 0 Å². The van der Waals surface area contributed by atoms with Gasteiger partial charge >= 0.3 is 0 Å². The van der Waals surface area contributed by atoms with Gasteiger partial charge in [-0.05, 0) is 50.1 Å². The van der Waals surface area contributed by atoms with Gasteiger partial charge in [-0.1, -0.05) is 54.1 Å². The Bertz CT molecular complexity index is 1480. The van der Waals surface area contributed by atoms with E-state index >= 15 is 0 Å². The van der Waals surface area contributed by atoms with E-state index in [4.69, 9.17) is 4.98 Å². The van der Waals surface area contributed by atoms with Crippen LogP contribution in [0, 0.1) is 20.8 Å². The summed E-state index contributed by atoms with van der Waals surface area (Å²) in [5, 5.41) is 3.00. The lowest BCUT2D eigenvalue weighted by atomic mass is 10.0. The molecule has 5 rings (SSSR count). The van der Waals surface area contributed by atoms with E-state index in [1.54, 1.807) is 6.20 Å². The van der Waals surface area contributed by atoms with Gasteiger partial charge in [-0.25, -0.2) is 4.98 Å². The molecule has 0 saturated carbocycles. The van der Waals surface area contributed by atoms with Crippen molar-refractivity contribution in [1.29, 1.82) is 0 Å². The number of anilines is 1. The highest BCUT2D eigenvalue weighted by Crippen LogP contribution is 2.29. The molecule has 5 nitrogen and oxygen atoms in total. The number of imidazole rings is 1. The summed E-state index contributed by atoms with van der Waals surface area (Å²) in [5.74, 6) is 0.732. The number of carbonyl (C=O) groups excluding carboxylic acids is 1. The molecule has 0 fully saturated rings. The topological polar surface area (TPSA) is 59.3 Å². The van der Waals surface area contributed by atoms with Gasteiger partial charge in [-0.2, -0.15) is 0 Å². The number of nitrogens with zero attached hydrogens (tertiary/aromatic N) is 3. The minimum absolute atomic E-state index is 0.140. The molecule has 1 amide bonds. The van der Waals surface area contributed by atoms with E-state index < -0.39 is 0 Å². The molecule has 0 spiro atoms. The molecule has 1 N–H and O–H groups in total. The van der Waals surface area contributed by atoms with Crippen molar-refractivity contribution in [3.05, 3.63) is 108 Å². The van der Waals surface area contributed by atoms with E-state index in [0.717, 1.165) is 50.5 Å². The largest absolute Gasteiger partial charge is 0.322 e. The van der Waals surface area contributed by atoms with Crippen LogP contribution in [0.15, 0.2) is 85.3 Å². The molecule has 5 heteroatoms. The SMILES string of the molecule is Cc1ccc(NC(=O)c2cc(-c3nccn4c(-c5ccccc5C)ncc34)ccc2C)cc1. The molecule has 3 aromatic carbocycles. The van der Waals surface area contributed by atoms with Crippen LogP contribution in [-0.4, -0.2) is 20.3 Å². The van der Waals surface area contributed by atoms with Crippen molar-refractivity contribution in [3.8, 4) is 22.6 Å². The normalized spacial score (nSPS) is 11.0. The lowest BCUT2D eigenvalue weighted by molar-refractivity contribution is 0.102. The number of hydrogen-bond acceptors (Lipinski definition) is 3. The van der Waals surface area contributed by atoms with Crippen molar-refractivity contribution in [2.24, 2.45) is 0 Å². The average Bonchev–Trinajstić information content (AvgIpc) is 3.25. The quantitative estimate of drug-likeness (QED) is 0.366. The highest BCUT2D eigenvalue weighted by atomic mass is 16.1. The van der Waals surface area contributed by atoms with E-state index in [-0.39, 0.29) is 5.91 Å². The minimum Gasteiger partial charge on any atom is -0.322 e. The van der Waals surface area contributed by atoms with Crippen LogP contribution < -0.4 is 5.32 Å². The first-order valence-electron chi connectivity index (χ1n) is 10.9. The van der Waals surface area contributed by atoms with Crippen molar-refractivity contribution >= 4 is 17.1 Å².